The SMILES string of the molecule is CCCCC1NCCOC12CCC(C)(C)CC2. The Morgan fingerprint density at radius 1 is 1.18 bits per heavy atom. The lowest BCUT2D eigenvalue weighted by Gasteiger charge is -2.50. The summed E-state index contributed by atoms with van der Waals surface area (Å²) in [5.41, 5.74) is 0.699. The van der Waals surface area contributed by atoms with Crippen LogP contribution in [0.3, 0.4) is 0 Å². The third kappa shape index (κ3) is 3.03. The van der Waals surface area contributed by atoms with Crippen molar-refractivity contribution in [2.24, 2.45) is 5.41 Å². The van der Waals surface area contributed by atoms with E-state index in [-0.39, 0.29) is 5.60 Å². The summed E-state index contributed by atoms with van der Waals surface area (Å²) in [6, 6.07) is 0.604. The van der Waals surface area contributed by atoms with E-state index in [0.29, 0.717) is 11.5 Å². The summed E-state index contributed by atoms with van der Waals surface area (Å²) in [5, 5.41) is 3.72. The molecule has 2 fully saturated rings. The van der Waals surface area contributed by atoms with Gasteiger partial charge in [-0.3, -0.25) is 0 Å². The Labute approximate surface area is 107 Å². The highest BCUT2D eigenvalue weighted by Crippen LogP contribution is 2.45. The first-order valence-electron chi connectivity index (χ1n) is 7.45. The molecule has 1 spiro atoms. The lowest BCUT2D eigenvalue weighted by atomic mass is 9.67. The predicted molar refractivity (Wildman–Crippen MR) is 72.2 cm³/mol. The average Bonchev–Trinajstić information content (AvgIpc) is 2.32. The van der Waals surface area contributed by atoms with E-state index in [2.05, 4.69) is 26.1 Å². The summed E-state index contributed by atoms with van der Waals surface area (Å²) < 4.78 is 6.25. The molecule has 0 radical (unpaired) electrons. The molecule has 0 aromatic rings. The van der Waals surface area contributed by atoms with Gasteiger partial charge in [-0.25, -0.2) is 0 Å². The smallest absolute Gasteiger partial charge is 0.0835 e. The molecule has 1 saturated heterocycles. The molecule has 0 aromatic carbocycles. The zero-order chi connectivity index (χ0) is 12.4. The van der Waals surface area contributed by atoms with Crippen LogP contribution in [0.25, 0.3) is 0 Å². The number of nitrogens with one attached hydrogen (secondary N) is 1. The normalized spacial score (nSPS) is 31.6. The lowest BCUT2D eigenvalue weighted by Crippen LogP contribution is -2.59. The summed E-state index contributed by atoms with van der Waals surface area (Å²) in [6.07, 6.45) is 9.04. The molecule has 1 aliphatic heterocycles. The molecule has 1 aliphatic carbocycles. The van der Waals surface area contributed by atoms with Crippen LogP contribution in [0.2, 0.25) is 0 Å². The highest BCUT2D eigenvalue weighted by atomic mass is 16.5. The van der Waals surface area contributed by atoms with Crippen molar-refractivity contribution in [3.8, 4) is 0 Å². The first-order valence-corrected chi connectivity index (χ1v) is 7.45. The van der Waals surface area contributed by atoms with Gasteiger partial charge in [-0.2, -0.15) is 0 Å². The van der Waals surface area contributed by atoms with Gasteiger partial charge in [0.2, 0.25) is 0 Å². The summed E-state index contributed by atoms with van der Waals surface area (Å²) in [5.74, 6) is 0. The van der Waals surface area contributed by atoms with Gasteiger partial charge in [0.1, 0.15) is 0 Å². The Morgan fingerprint density at radius 2 is 1.88 bits per heavy atom. The molecule has 100 valence electrons. The van der Waals surface area contributed by atoms with Crippen LogP contribution in [0, 0.1) is 5.41 Å². The molecule has 17 heavy (non-hydrogen) atoms. The van der Waals surface area contributed by atoms with Gasteiger partial charge in [0.05, 0.1) is 12.2 Å². The fraction of sp³-hybridized carbons (Fsp3) is 1.00. The number of rotatable bonds is 3. The second kappa shape index (κ2) is 5.27. The van der Waals surface area contributed by atoms with E-state index < -0.39 is 0 Å². The maximum atomic E-state index is 6.25. The standard InChI is InChI=1S/C15H29NO/c1-4-5-6-13-15(17-12-11-16-13)9-7-14(2,3)8-10-15/h13,16H,4-12H2,1-3H3. The largest absolute Gasteiger partial charge is 0.372 e. The number of hydrogen-bond donors (Lipinski definition) is 1. The molecule has 0 aromatic heterocycles. The van der Waals surface area contributed by atoms with Gasteiger partial charge < -0.3 is 10.1 Å². The van der Waals surface area contributed by atoms with Crippen molar-refractivity contribution in [3.63, 3.8) is 0 Å². The van der Waals surface area contributed by atoms with E-state index in [1.807, 2.05) is 0 Å². The predicted octanol–water partition coefficient (Wildman–Crippen LogP) is 3.50. The van der Waals surface area contributed by atoms with Crippen LogP contribution in [0.4, 0.5) is 0 Å². The molecule has 1 heterocycles. The molecule has 2 heteroatoms. The van der Waals surface area contributed by atoms with Gasteiger partial charge in [0.25, 0.3) is 0 Å². The number of unbranched alkanes of at least 4 members (excludes halogenated alkanes) is 1. The van der Waals surface area contributed by atoms with Crippen LogP contribution in [-0.2, 0) is 4.74 Å². The molecule has 2 rings (SSSR count). The van der Waals surface area contributed by atoms with Gasteiger partial charge in [-0.1, -0.05) is 33.6 Å². The third-order valence-corrected chi connectivity index (χ3v) is 4.81. The topological polar surface area (TPSA) is 21.3 Å². The molecule has 0 amide bonds. The Bertz CT molecular complexity index is 239. The quantitative estimate of drug-likeness (QED) is 0.814. The van der Waals surface area contributed by atoms with Crippen molar-refractivity contribution in [1.29, 1.82) is 0 Å². The molecular weight excluding hydrogens is 210 g/mol. The molecular formula is C15H29NO. The second-order valence-electron chi connectivity index (χ2n) is 6.73. The molecule has 2 nitrogen and oxygen atoms in total. The van der Waals surface area contributed by atoms with Crippen LogP contribution >= 0.6 is 0 Å². The Morgan fingerprint density at radius 3 is 2.53 bits per heavy atom. The van der Waals surface area contributed by atoms with Crippen molar-refractivity contribution in [2.45, 2.75) is 77.4 Å². The van der Waals surface area contributed by atoms with E-state index in [1.54, 1.807) is 0 Å². The minimum Gasteiger partial charge on any atom is -0.372 e. The number of ether oxygens (including phenoxy) is 1. The zero-order valence-corrected chi connectivity index (χ0v) is 11.8. The molecule has 1 unspecified atom stereocenters. The molecule has 1 N–H and O–H groups in total. The van der Waals surface area contributed by atoms with Gasteiger partial charge in [0.15, 0.2) is 0 Å². The van der Waals surface area contributed by atoms with Gasteiger partial charge in [0, 0.05) is 12.6 Å². The first-order chi connectivity index (χ1) is 8.08. The monoisotopic (exact) mass is 239 g/mol. The fourth-order valence-corrected chi connectivity index (χ4v) is 3.39. The molecule has 1 saturated carbocycles. The van der Waals surface area contributed by atoms with E-state index in [1.165, 1.54) is 44.9 Å². The van der Waals surface area contributed by atoms with E-state index in [9.17, 15) is 0 Å². The summed E-state index contributed by atoms with van der Waals surface area (Å²) in [6.45, 7) is 9.03. The van der Waals surface area contributed by atoms with Crippen molar-refractivity contribution < 1.29 is 4.74 Å². The van der Waals surface area contributed by atoms with Crippen molar-refractivity contribution >= 4 is 0 Å². The minimum atomic E-state index is 0.170. The summed E-state index contributed by atoms with van der Waals surface area (Å²) in [4.78, 5) is 0. The molecule has 1 atom stereocenters. The zero-order valence-electron chi connectivity index (χ0n) is 11.8. The summed E-state index contributed by atoms with van der Waals surface area (Å²) in [7, 11) is 0. The van der Waals surface area contributed by atoms with Crippen LogP contribution in [0.15, 0.2) is 0 Å². The van der Waals surface area contributed by atoms with Gasteiger partial charge in [-0.05, 0) is 37.5 Å². The Kier molecular flexibility index (Phi) is 4.14. The molecule has 0 bridgehead atoms. The van der Waals surface area contributed by atoms with Crippen LogP contribution in [0.1, 0.15) is 65.7 Å². The maximum Gasteiger partial charge on any atom is 0.0835 e. The van der Waals surface area contributed by atoms with Gasteiger partial charge in [-0.15, -0.1) is 0 Å². The van der Waals surface area contributed by atoms with E-state index >= 15 is 0 Å². The highest BCUT2D eigenvalue weighted by Gasteiger charge is 2.45. The number of hydrogen-bond acceptors (Lipinski definition) is 2. The van der Waals surface area contributed by atoms with Crippen molar-refractivity contribution in [3.05, 3.63) is 0 Å². The summed E-state index contributed by atoms with van der Waals surface area (Å²) >= 11 is 0. The molecule has 2 aliphatic rings. The number of morpholine rings is 1. The Hall–Kier alpha value is -0.0800. The van der Waals surface area contributed by atoms with Crippen LogP contribution in [0.5, 0.6) is 0 Å². The first kappa shape index (κ1) is 13.4. The van der Waals surface area contributed by atoms with Crippen LogP contribution < -0.4 is 5.32 Å². The maximum absolute atomic E-state index is 6.25. The Balaban J connectivity index is 2.00. The second-order valence-corrected chi connectivity index (χ2v) is 6.73. The average molecular weight is 239 g/mol. The fourth-order valence-electron chi connectivity index (χ4n) is 3.39. The third-order valence-electron chi connectivity index (χ3n) is 4.81. The van der Waals surface area contributed by atoms with Crippen LogP contribution in [-0.4, -0.2) is 24.8 Å². The highest BCUT2D eigenvalue weighted by molar-refractivity contribution is 5.00. The van der Waals surface area contributed by atoms with Crippen molar-refractivity contribution in [1.82, 2.24) is 5.32 Å². The van der Waals surface area contributed by atoms with E-state index in [0.717, 1.165) is 13.2 Å². The van der Waals surface area contributed by atoms with E-state index in [4.69, 9.17) is 4.74 Å². The van der Waals surface area contributed by atoms with Crippen molar-refractivity contribution in [2.75, 3.05) is 13.2 Å². The van der Waals surface area contributed by atoms with Gasteiger partial charge >= 0.3 is 0 Å². The minimum absolute atomic E-state index is 0.170. The lowest BCUT2D eigenvalue weighted by molar-refractivity contribution is -0.132.